The fraction of sp³-hybridized carbons (Fsp3) is 0.273. The number of urea groups is 1. The van der Waals surface area contributed by atoms with Gasteiger partial charge in [-0.3, -0.25) is 4.79 Å². The van der Waals surface area contributed by atoms with Gasteiger partial charge in [-0.1, -0.05) is 24.3 Å². The van der Waals surface area contributed by atoms with Crippen molar-refractivity contribution in [2.75, 3.05) is 5.32 Å². The summed E-state index contributed by atoms with van der Waals surface area (Å²) in [4.78, 5) is 24.3. The first-order valence-electron chi connectivity index (χ1n) is 9.43. The van der Waals surface area contributed by atoms with Gasteiger partial charge in [0.1, 0.15) is 5.82 Å². The molecule has 2 atom stereocenters. The SMILES string of the molecule is Cn1c(=O)ccc2c(NC(=O)N[C@H]3CC[C@@H](c4ccccc4F)C3)cccc21. The minimum atomic E-state index is -0.291. The number of pyridine rings is 1. The zero-order chi connectivity index (χ0) is 19.7. The Balaban J connectivity index is 1.45. The number of fused-ring (bicyclic) bond motifs is 1. The minimum Gasteiger partial charge on any atom is -0.335 e. The third-order valence-electron chi connectivity index (χ3n) is 5.53. The molecule has 1 heterocycles. The number of carbonyl (C=O) groups excluding carboxylic acids is 1. The molecule has 0 bridgehead atoms. The molecule has 2 amide bonds. The van der Waals surface area contributed by atoms with Gasteiger partial charge in [0.25, 0.3) is 5.56 Å². The second-order valence-electron chi connectivity index (χ2n) is 7.30. The van der Waals surface area contributed by atoms with Gasteiger partial charge in [-0.15, -0.1) is 0 Å². The van der Waals surface area contributed by atoms with E-state index in [1.807, 2.05) is 24.3 Å². The van der Waals surface area contributed by atoms with Crippen molar-refractivity contribution in [1.29, 1.82) is 0 Å². The Bertz CT molecular complexity index is 1090. The average molecular weight is 379 g/mol. The quantitative estimate of drug-likeness (QED) is 0.719. The van der Waals surface area contributed by atoms with Gasteiger partial charge >= 0.3 is 6.03 Å². The van der Waals surface area contributed by atoms with E-state index >= 15 is 0 Å². The van der Waals surface area contributed by atoms with Gasteiger partial charge in [0.15, 0.2) is 0 Å². The molecule has 0 saturated heterocycles. The molecular weight excluding hydrogens is 357 g/mol. The molecule has 0 aliphatic heterocycles. The summed E-state index contributed by atoms with van der Waals surface area (Å²) in [5.74, 6) is -0.0578. The standard InChI is InChI=1S/C22H22FN3O2/c1-26-20-8-4-7-19(17(20)11-12-21(26)27)25-22(28)24-15-10-9-14(13-15)16-5-2-3-6-18(16)23/h2-8,11-12,14-15H,9-10,13H2,1H3,(H2,24,25,28)/t14-,15+/m1/s1. The first kappa shape index (κ1) is 18.2. The summed E-state index contributed by atoms with van der Waals surface area (Å²) in [5.41, 5.74) is 2.03. The lowest BCUT2D eigenvalue weighted by Gasteiger charge is -2.16. The molecule has 1 fully saturated rings. The number of nitrogens with one attached hydrogen (secondary N) is 2. The Hall–Kier alpha value is -3.15. The molecule has 0 unspecified atom stereocenters. The highest BCUT2D eigenvalue weighted by Crippen LogP contribution is 2.35. The summed E-state index contributed by atoms with van der Waals surface area (Å²) < 4.78 is 15.6. The molecule has 5 nitrogen and oxygen atoms in total. The van der Waals surface area contributed by atoms with Crippen molar-refractivity contribution in [3.8, 4) is 0 Å². The molecule has 0 spiro atoms. The largest absolute Gasteiger partial charge is 0.335 e. The molecular formula is C22H22FN3O2. The Morgan fingerprint density at radius 3 is 2.71 bits per heavy atom. The molecule has 1 aliphatic rings. The second kappa shape index (κ2) is 7.46. The summed E-state index contributed by atoms with van der Waals surface area (Å²) in [7, 11) is 1.70. The number of benzene rings is 2. The summed E-state index contributed by atoms with van der Waals surface area (Å²) in [6, 6.07) is 15.2. The van der Waals surface area contributed by atoms with Crippen molar-refractivity contribution in [3.63, 3.8) is 0 Å². The lowest BCUT2D eigenvalue weighted by molar-refractivity contribution is 0.248. The lowest BCUT2D eigenvalue weighted by Crippen LogP contribution is -2.36. The van der Waals surface area contributed by atoms with Crippen molar-refractivity contribution >= 4 is 22.6 Å². The van der Waals surface area contributed by atoms with Crippen LogP contribution in [-0.2, 0) is 7.05 Å². The van der Waals surface area contributed by atoms with Crippen LogP contribution in [0.2, 0.25) is 0 Å². The van der Waals surface area contributed by atoms with Crippen molar-refractivity contribution in [2.24, 2.45) is 7.05 Å². The lowest BCUT2D eigenvalue weighted by atomic mass is 9.97. The number of carbonyl (C=O) groups is 1. The molecule has 2 N–H and O–H groups in total. The molecule has 6 heteroatoms. The van der Waals surface area contributed by atoms with E-state index in [1.54, 1.807) is 29.8 Å². The number of hydrogen-bond donors (Lipinski definition) is 2. The highest BCUT2D eigenvalue weighted by atomic mass is 19.1. The number of nitrogens with zero attached hydrogens (tertiary/aromatic N) is 1. The van der Waals surface area contributed by atoms with Crippen LogP contribution in [0.5, 0.6) is 0 Å². The number of rotatable bonds is 3. The van der Waals surface area contributed by atoms with E-state index in [4.69, 9.17) is 0 Å². The number of halogens is 1. The van der Waals surface area contributed by atoms with Gasteiger partial charge in [0.2, 0.25) is 0 Å². The fourth-order valence-electron chi connectivity index (χ4n) is 4.06. The fourth-order valence-corrected chi connectivity index (χ4v) is 4.06. The Labute approximate surface area is 162 Å². The van der Waals surface area contributed by atoms with E-state index in [9.17, 15) is 14.0 Å². The molecule has 0 radical (unpaired) electrons. The Kier molecular flexibility index (Phi) is 4.86. The van der Waals surface area contributed by atoms with E-state index in [-0.39, 0.29) is 29.4 Å². The van der Waals surface area contributed by atoms with Gasteiger partial charge in [0, 0.05) is 24.5 Å². The summed E-state index contributed by atoms with van der Waals surface area (Å²) >= 11 is 0. The number of aromatic nitrogens is 1. The molecule has 1 aromatic heterocycles. The maximum absolute atomic E-state index is 14.0. The first-order chi connectivity index (χ1) is 13.5. The van der Waals surface area contributed by atoms with E-state index in [2.05, 4.69) is 10.6 Å². The van der Waals surface area contributed by atoms with E-state index in [0.717, 1.165) is 35.7 Å². The molecule has 144 valence electrons. The van der Waals surface area contributed by atoms with Crippen LogP contribution in [-0.4, -0.2) is 16.6 Å². The monoisotopic (exact) mass is 379 g/mol. The topological polar surface area (TPSA) is 63.1 Å². The number of anilines is 1. The van der Waals surface area contributed by atoms with Crippen LogP contribution in [0.25, 0.3) is 10.9 Å². The number of hydrogen-bond acceptors (Lipinski definition) is 2. The molecule has 2 aromatic carbocycles. The van der Waals surface area contributed by atoms with E-state index in [0.29, 0.717) is 5.69 Å². The van der Waals surface area contributed by atoms with Gasteiger partial charge in [-0.25, -0.2) is 9.18 Å². The van der Waals surface area contributed by atoms with Gasteiger partial charge in [0.05, 0.1) is 11.2 Å². The van der Waals surface area contributed by atoms with Crippen LogP contribution < -0.4 is 16.2 Å². The van der Waals surface area contributed by atoms with Crippen LogP contribution in [0.4, 0.5) is 14.9 Å². The molecule has 3 aromatic rings. The van der Waals surface area contributed by atoms with Gasteiger partial charge < -0.3 is 15.2 Å². The summed E-state index contributed by atoms with van der Waals surface area (Å²) in [5, 5.41) is 6.68. The first-order valence-corrected chi connectivity index (χ1v) is 9.43. The smallest absolute Gasteiger partial charge is 0.319 e. The summed E-state index contributed by atoms with van der Waals surface area (Å²) in [6.07, 6.45) is 2.39. The average Bonchev–Trinajstić information content (AvgIpc) is 3.13. The van der Waals surface area contributed by atoms with Crippen LogP contribution >= 0.6 is 0 Å². The number of aryl methyl sites for hydroxylation is 1. The van der Waals surface area contributed by atoms with Crippen LogP contribution in [0, 0.1) is 5.82 Å². The van der Waals surface area contributed by atoms with Crippen molar-refractivity contribution < 1.29 is 9.18 Å². The van der Waals surface area contributed by atoms with Gasteiger partial charge in [-0.05, 0) is 55.0 Å². The summed E-state index contributed by atoms with van der Waals surface area (Å²) in [6.45, 7) is 0. The van der Waals surface area contributed by atoms with Crippen LogP contribution in [0.15, 0.2) is 59.4 Å². The zero-order valence-electron chi connectivity index (χ0n) is 15.6. The predicted molar refractivity (Wildman–Crippen MR) is 108 cm³/mol. The third-order valence-corrected chi connectivity index (χ3v) is 5.53. The molecule has 1 aliphatic carbocycles. The minimum absolute atomic E-state index is 0.00365. The van der Waals surface area contributed by atoms with Crippen LogP contribution in [0.1, 0.15) is 30.7 Å². The van der Waals surface area contributed by atoms with Crippen molar-refractivity contribution in [2.45, 2.75) is 31.2 Å². The highest BCUT2D eigenvalue weighted by Gasteiger charge is 2.28. The van der Waals surface area contributed by atoms with Crippen LogP contribution in [0.3, 0.4) is 0 Å². The Morgan fingerprint density at radius 1 is 1.07 bits per heavy atom. The highest BCUT2D eigenvalue weighted by molar-refractivity contribution is 6.00. The Morgan fingerprint density at radius 2 is 1.89 bits per heavy atom. The predicted octanol–water partition coefficient (Wildman–Crippen LogP) is 4.14. The van der Waals surface area contributed by atoms with Crippen molar-refractivity contribution in [1.82, 2.24) is 9.88 Å². The maximum Gasteiger partial charge on any atom is 0.319 e. The molecule has 28 heavy (non-hydrogen) atoms. The molecule has 1 saturated carbocycles. The second-order valence-corrected chi connectivity index (χ2v) is 7.30. The normalized spacial score (nSPS) is 18.9. The maximum atomic E-state index is 14.0. The number of amides is 2. The van der Waals surface area contributed by atoms with E-state index in [1.165, 1.54) is 12.1 Å². The zero-order valence-corrected chi connectivity index (χ0v) is 15.6. The molecule has 4 rings (SSSR count). The van der Waals surface area contributed by atoms with E-state index < -0.39 is 0 Å². The van der Waals surface area contributed by atoms with Crippen molar-refractivity contribution in [3.05, 3.63) is 76.3 Å². The third kappa shape index (κ3) is 3.50. The van der Waals surface area contributed by atoms with Gasteiger partial charge in [-0.2, -0.15) is 0 Å².